The summed E-state index contributed by atoms with van der Waals surface area (Å²) in [5.74, 6) is 1.07. The van der Waals surface area contributed by atoms with Crippen molar-refractivity contribution < 1.29 is 4.79 Å². The van der Waals surface area contributed by atoms with Crippen molar-refractivity contribution in [3.05, 3.63) is 29.8 Å². The Bertz CT molecular complexity index is 376. The SMILES string of the molecule is CCSc1ccc(C(C)NC(=O)NC(C)C)cc1. The Kier molecular flexibility index (Phi) is 6.05. The molecule has 0 fully saturated rings. The third-order valence-electron chi connectivity index (χ3n) is 2.46. The minimum Gasteiger partial charge on any atom is -0.336 e. The molecule has 18 heavy (non-hydrogen) atoms. The molecule has 0 saturated carbocycles. The summed E-state index contributed by atoms with van der Waals surface area (Å²) >= 11 is 1.82. The lowest BCUT2D eigenvalue weighted by atomic mass is 10.1. The predicted molar refractivity (Wildman–Crippen MR) is 78.1 cm³/mol. The van der Waals surface area contributed by atoms with E-state index in [4.69, 9.17) is 0 Å². The summed E-state index contributed by atoms with van der Waals surface area (Å²) < 4.78 is 0. The molecule has 100 valence electrons. The summed E-state index contributed by atoms with van der Waals surface area (Å²) in [5.41, 5.74) is 1.12. The van der Waals surface area contributed by atoms with Crippen molar-refractivity contribution in [2.24, 2.45) is 0 Å². The Hall–Kier alpha value is -1.16. The van der Waals surface area contributed by atoms with Crippen LogP contribution in [0.25, 0.3) is 0 Å². The largest absolute Gasteiger partial charge is 0.336 e. The zero-order valence-electron chi connectivity index (χ0n) is 11.5. The normalized spacial score (nSPS) is 12.3. The molecule has 3 nitrogen and oxygen atoms in total. The second-order valence-corrected chi connectivity index (χ2v) is 5.83. The molecule has 1 aromatic carbocycles. The van der Waals surface area contributed by atoms with Crippen LogP contribution in [0.4, 0.5) is 4.79 Å². The van der Waals surface area contributed by atoms with Gasteiger partial charge in [0.25, 0.3) is 0 Å². The number of rotatable bonds is 5. The number of benzene rings is 1. The number of hydrogen-bond acceptors (Lipinski definition) is 2. The standard InChI is InChI=1S/C14H22N2OS/c1-5-18-13-8-6-12(7-9-13)11(4)16-14(17)15-10(2)3/h6-11H,5H2,1-4H3,(H2,15,16,17). The summed E-state index contributed by atoms with van der Waals surface area (Å²) in [6.45, 7) is 8.02. The Labute approximate surface area is 114 Å². The third-order valence-corrected chi connectivity index (χ3v) is 3.35. The first-order valence-corrected chi connectivity index (χ1v) is 7.31. The van der Waals surface area contributed by atoms with Gasteiger partial charge < -0.3 is 10.6 Å². The molecule has 0 heterocycles. The van der Waals surface area contributed by atoms with Gasteiger partial charge in [-0.1, -0.05) is 19.1 Å². The third kappa shape index (κ3) is 5.00. The smallest absolute Gasteiger partial charge is 0.315 e. The molecule has 0 aliphatic rings. The van der Waals surface area contributed by atoms with Gasteiger partial charge in [0.15, 0.2) is 0 Å². The van der Waals surface area contributed by atoms with E-state index in [1.807, 2.05) is 32.5 Å². The van der Waals surface area contributed by atoms with Crippen LogP contribution in [-0.4, -0.2) is 17.8 Å². The van der Waals surface area contributed by atoms with E-state index < -0.39 is 0 Å². The lowest BCUT2D eigenvalue weighted by molar-refractivity contribution is 0.235. The summed E-state index contributed by atoms with van der Waals surface area (Å²) in [6.07, 6.45) is 0. The quantitative estimate of drug-likeness (QED) is 0.800. The van der Waals surface area contributed by atoms with Crippen molar-refractivity contribution in [3.63, 3.8) is 0 Å². The Morgan fingerprint density at radius 2 is 1.78 bits per heavy atom. The van der Waals surface area contributed by atoms with E-state index in [9.17, 15) is 4.79 Å². The van der Waals surface area contributed by atoms with Crippen LogP contribution >= 0.6 is 11.8 Å². The van der Waals surface area contributed by atoms with Crippen LogP contribution in [0.2, 0.25) is 0 Å². The van der Waals surface area contributed by atoms with E-state index in [2.05, 4.69) is 41.8 Å². The molecule has 2 N–H and O–H groups in total. The number of thioether (sulfide) groups is 1. The van der Waals surface area contributed by atoms with Gasteiger partial charge >= 0.3 is 6.03 Å². The van der Waals surface area contributed by atoms with Gasteiger partial charge in [-0.05, 0) is 44.2 Å². The molecule has 1 atom stereocenters. The topological polar surface area (TPSA) is 41.1 Å². The molecule has 2 amide bonds. The first-order chi connectivity index (χ1) is 8.52. The highest BCUT2D eigenvalue weighted by Gasteiger charge is 2.09. The molecule has 1 rings (SSSR count). The van der Waals surface area contributed by atoms with Gasteiger partial charge in [-0.25, -0.2) is 4.79 Å². The van der Waals surface area contributed by atoms with E-state index in [1.165, 1.54) is 4.90 Å². The number of urea groups is 1. The van der Waals surface area contributed by atoms with Crippen molar-refractivity contribution in [2.75, 3.05) is 5.75 Å². The molecule has 0 saturated heterocycles. The number of nitrogens with one attached hydrogen (secondary N) is 2. The average Bonchev–Trinajstić information content (AvgIpc) is 2.29. The second kappa shape index (κ2) is 7.31. The van der Waals surface area contributed by atoms with Gasteiger partial charge in [0.05, 0.1) is 6.04 Å². The molecule has 0 aromatic heterocycles. The van der Waals surface area contributed by atoms with Crippen LogP contribution in [0.3, 0.4) is 0 Å². The van der Waals surface area contributed by atoms with E-state index in [0.717, 1.165) is 11.3 Å². The maximum atomic E-state index is 11.6. The Morgan fingerprint density at radius 1 is 1.17 bits per heavy atom. The van der Waals surface area contributed by atoms with Crippen molar-refractivity contribution in [1.82, 2.24) is 10.6 Å². The van der Waals surface area contributed by atoms with Crippen molar-refractivity contribution in [1.29, 1.82) is 0 Å². The molecule has 0 aliphatic carbocycles. The van der Waals surface area contributed by atoms with E-state index in [-0.39, 0.29) is 18.1 Å². The highest BCUT2D eigenvalue weighted by Crippen LogP contribution is 2.20. The first kappa shape index (κ1) is 14.9. The van der Waals surface area contributed by atoms with Crippen LogP contribution in [0, 0.1) is 0 Å². The molecule has 0 bridgehead atoms. The van der Waals surface area contributed by atoms with E-state index in [1.54, 1.807) is 0 Å². The molecule has 0 spiro atoms. The Morgan fingerprint density at radius 3 is 2.28 bits per heavy atom. The highest BCUT2D eigenvalue weighted by molar-refractivity contribution is 7.99. The van der Waals surface area contributed by atoms with E-state index in [0.29, 0.717) is 0 Å². The van der Waals surface area contributed by atoms with Gasteiger partial charge in [-0.2, -0.15) is 0 Å². The fourth-order valence-corrected chi connectivity index (χ4v) is 2.27. The highest BCUT2D eigenvalue weighted by atomic mass is 32.2. The second-order valence-electron chi connectivity index (χ2n) is 4.50. The number of carbonyl (C=O) groups is 1. The van der Waals surface area contributed by atoms with Gasteiger partial charge in [0.2, 0.25) is 0 Å². The molecule has 1 aromatic rings. The minimum atomic E-state index is -0.121. The number of amides is 2. The number of hydrogen-bond donors (Lipinski definition) is 2. The average molecular weight is 266 g/mol. The molecular weight excluding hydrogens is 244 g/mol. The lowest BCUT2D eigenvalue weighted by Crippen LogP contribution is -2.40. The fraction of sp³-hybridized carbons (Fsp3) is 0.500. The summed E-state index contributed by atoms with van der Waals surface area (Å²) in [7, 11) is 0. The van der Waals surface area contributed by atoms with Gasteiger partial charge in [-0.3, -0.25) is 0 Å². The molecule has 0 aliphatic heterocycles. The van der Waals surface area contributed by atoms with Gasteiger partial charge in [-0.15, -0.1) is 11.8 Å². The van der Waals surface area contributed by atoms with Crippen LogP contribution in [0.15, 0.2) is 29.2 Å². The minimum absolute atomic E-state index is 0.0180. The van der Waals surface area contributed by atoms with E-state index >= 15 is 0 Å². The predicted octanol–water partition coefficient (Wildman–Crippen LogP) is 3.57. The fourth-order valence-electron chi connectivity index (χ4n) is 1.60. The van der Waals surface area contributed by atoms with Crippen LogP contribution in [0.1, 0.15) is 39.3 Å². The molecule has 4 heteroatoms. The van der Waals surface area contributed by atoms with Crippen molar-refractivity contribution >= 4 is 17.8 Å². The number of carbonyl (C=O) groups excluding carboxylic acids is 1. The van der Waals surface area contributed by atoms with Crippen molar-refractivity contribution in [3.8, 4) is 0 Å². The summed E-state index contributed by atoms with van der Waals surface area (Å²) in [5, 5.41) is 5.74. The van der Waals surface area contributed by atoms with Gasteiger partial charge in [0.1, 0.15) is 0 Å². The van der Waals surface area contributed by atoms with Crippen LogP contribution < -0.4 is 10.6 Å². The van der Waals surface area contributed by atoms with Gasteiger partial charge in [0, 0.05) is 10.9 Å². The van der Waals surface area contributed by atoms with Crippen LogP contribution in [0.5, 0.6) is 0 Å². The summed E-state index contributed by atoms with van der Waals surface area (Å²) in [4.78, 5) is 12.8. The maximum absolute atomic E-state index is 11.6. The van der Waals surface area contributed by atoms with Crippen molar-refractivity contribution in [2.45, 2.75) is 44.7 Å². The summed E-state index contributed by atoms with van der Waals surface area (Å²) in [6, 6.07) is 8.38. The zero-order valence-corrected chi connectivity index (χ0v) is 12.3. The maximum Gasteiger partial charge on any atom is 0.315 e. The molecule has 0 radical (unpaired) electrons. The molecule has 1 unspecified atom stereocenters. The van der Waals surface area contributed by atoms with Crippen LogP contribution in [-0.2, 0) is 0 Å². The monoisotopic (exact) mass is 266 g/mol. The lowest BCUT2D eigenvalue weighted by Gasteiger charge is -2.16. The first-order valence-electron chi connectivity index (χ1n) is 6.32. The Balaban J connectivity index is 2.55. The molecular formula is C14H22N2OS. The zero-order chi connectivity index (χ0) is 13.5.